The monoisotopic (exact) mass is 320 g/mol. The molecule has 1 aromatic heterocycles. The van der Waals surface area contributed by atoms with Crippen molar-refractivity contribution in [2.45, 2.75) is 12.5 Å². The second kappa shape index (κ2) is 7.68. The quantitative estimate of drug-likeness (QED) is 0.550. The van der Waals surface area contributed by atoms with Crippen LogP contribution in [-0.4, -0.2) is 65.9 Å². The smallest absolute Gasteiger partial charge is 0.312 e. The van der Waals surface area contributed by atoms with E-state index in [2.05, 4.69) is 4.98 Å². The Morgan fingerprint density at radius 3 is 2.78 bits per heavy atom. The molecule has 2 rings (SSSR count). The third-order valence-electron chi connectivity index (χ3n) is 3.77. The number of hydrogen-bond donors (Lipinski definition) is 1. The van der Waals surface area contributed by atoms with Gasteiger partial charge in [0, 0.05) is 38.6 Å². The number of pyridine rings is 1. The molecule has 23 heavy (non-hydrogen) atoms. The first-order valence-corrected chi connectivity index (χ1v) is 7.35. The van der Waals surface area contributed by atoms with E-state index in [9.17, 15) is 14.4 Å². The number of ether oxygens (including phenoxy) is 1. The predicted octanol–water partition coefficient (Wildman–Crippen LogP) is -0.685. The van der Waals surface area contributed by atoms with Gasteiger partial charge < -0.3 is 20.3 Å². The first-order valence-electron chi connectivity index (χ1n) is 7.35. The van der Waals surface area contributed by atoms with E-state index in [1.54, 1.807) is 24.5 Å². The fourth-order valence-corrected chi connectivity index (χ4v) is 2.58. The molecule has 1 unspecified atom stereocenters. The minimum Gasteiger partial charge on any atom is -0.469 e. The van der Waals surface area contributed by atoms with E-state index >= 15 is 0 Å². The number of aromatic nitrogens is 1. The zero-order chi connectivity index (χ0) is 16.8. The molecule has 0 radical (unpaired) electrons. The molecule has 0 saturated carbocycles. The van der Waals surface area contributed by atoms with Crippen LogP contribution in [0.25, 0.3) is 0 Å². The summed E-state index contributed by atoms with van der Waals surface area (Å²) in [5, 5.41) is 0. The molecule has 1 aliphatic heterocycles. The summed E-state index contributed by atoms with van der Waals surface area (Å²) < 4.78 is 4.71. The van der Waals surface area contributed by atoms with E-state index in [1.165, 1.54) is 16.9 Å². The highest BCUT2D eigenvalue weighted by molar-refractivity contribution is 6.35. The van der Waals surface area contributed by atoms with Crippen molar-refractivity contribution >= 4 is 17.8 Å². The molecule has 0 aliphatic carbocycles. The summed E-state index contributed by atoms with van der Waals surface area (Å²) in [7, 11) is 1.29. The molecule has 0 aromatic carbocycles. The number of nitrogens with two attached hydrogens (primary N) is 1. The van der Waals surface area contributed by atoms with Crippen molar-refractivity contribution in [3.8, 4) is 0 Å². The average Bonchev–Trinajstić information content (AvgIpc) is 2.58. The summed E-state index contributed by atoms with van der Waals surface area (Å²) in [6.45, 7) is 1.36. The molecule has 1 atom stereocenters. The van der Waals surface area contributed by atoms with Crippen LogP contribution < -0.4 is 5.73 Å². The van der Waals surface area contributed by atoms with Crippen molar-refractivity contribution in [3.63, 3.8) is 0 Å². The van der Waals surface area contributed by atoms with Crippen LogP contribution in [0.4, 0.5) is 0 Å². The average molecular weight is 320 g/mol. The Hall–Kier alpha value is -2.48. The van der Waals surface area contributed by atoms with Gasteiger partial charge >= 0.3 is 17.8 Å². The lowest BCUT2D eigenvalue weighted by molar-refractivity contribution is -0.159. The van der Waals surface area contributed by atoms with Crippen molar-refractivity contribution in [1.82, 2.24) is 14.8 Å². The fraction of sp³-hybridized carbons (Fsp3) is 0.467. The Morgan fingerprint density at radius 1 is 1.39 bits per heavy atom. The summed E-state index contributed by atoms with van der Waals surface area (Å²) >= 11 is 0. The Bertz CT molecular complexity index is 578. The van der Waals surface area contributed by atoms with Crippen LogP contribution >= 0.6 is 0 Å². The number of esters is 1. The molecule has 2 heterocycles. The zero-order valence-electron chi connectivity index (χ0n) is 13.0. The van der Waals surface area contributed by atoms with Gasteiger partial charge in [-0.25, -0.2) is 0 Å². The van der Waals surface area contributed by atoms with Gasteiger partial charge in [-0.15, -0.1) is 0 Å². The van der Waals surface area contributed by atoms with Crippen LogP contribution in [-0.2, 0) is 19.1 Å². The number of nitrogens with zero attached hydrogens (tertiary/aromatic N) is 3. The largest absolute Gasteiger partial charge is 0.469 e. The highest BCUT2D eigenvalue weighted by Crippen LogP contribution is 2.26. The van der Waals surface area contributed by atoms with Crippen LogP contribution in [0.3, 0.4) is 0 Å². The topological polar surface area (TPSA) is 106 Å². The maximum Gasteiger partial charge on any atom is 0.312 e. The molecule has 8 nitrogen and oxygen atoms in total. The Balaban J connectivity index is 2.24. The van der Waals surface area contributed by atoms with Gasteiger partial charge in [0.25, 0.3) is 0 Å². The summed E-state index contributed by atoms with van der Waals surface area (Å²) in [4.78, 5) is 43.1. The lowest BCUT2D eigenvalue weighted by Crippen LogP contribution is -2.56. The SMILES string of the molecule is COC(=O)CC(c1cccnc1)N1CCN(CCN)C(=O)C1=O. The number of hydrogen-bond acceptors (Lipinski definition) is 6. The predicted molar refractivity (Wildman–Crippen MR) is 81.0 cm³/mol. The van der Waals surface area contributed by atoms with E-state index in [0.29, 0.717) is 31.7 Å². The van der Waals surface area contributed by atoms with Gasteiger partial charge in [-0.2, -0.15) is 0 Å². The van der Waals surface area contributed by atoms with E-state index in [-0.39, 0.29) is 6.42 Å². The lowest BCUT2D eigenvalue weighted by Gasteiger charge is -2.38. The first kappa shape index (κ1) is 16.9. The Kier molecular flexibility index (Phi) is 5.64. The molecular weight excluding hydrogens is 300 g/mol. The Morgan fingerprint density at radius 2 is 2.17 bits per heavy atom. The number of amides is 2. The highest BCUT2D eigenvalue weighted by Gasteiger charge is 2.37. The van der Waals surface area contributed by atoms with Crippen LogP contribution in [0.5, 0.6) is 0 Å². The molecule has 2 N–H and O–H groups in total. The summed E-state index contributed by atoms with van der Waals surface area (Å²) in [5.41, 5.74) is 6.13. The second-order valence-corrected chi connectivity index (χ2v) is 5.16. The van der Waals surface area contributed by atoms with Gasteiger partial charge in [0.1, 0.15) is 0 Å². The zero-order valence-corrected chi connectivity index (χ0v) is 13.0. The molecule has 1 fully saturated rings. The molecular formula is C15H20N4O4. The van der Waals surface area contributed by atoms with Gasteiger partial charge in [-0.1, -0.05) is 6.07 Å². The minimum atomic E-state index is -0.637. The van der Waals surface area contributed by atoms with Crippen LogP contribution in [0.15, 0.2) is 24.5 Å². The lowest BCUT2D eigenvalue weighted by atomic mass is 10.0. The van der Waals surface area contributed by atoms with Crippen molar-refractivity contribution in [2.75, 3.05) is 33.3 Å². The maximum absolute atomic E-state index is 12.4. The molecule has 1 saturated heterocycles. The molecule has 2 amide bonds. The van der Waals surface area contributed by atoms with Crippen LogP contribution in [0.2, 0.25) is 0 Å². The van der Waals surface area contributed by atoms with Gasteiger partial charge in [-0.3, -0.25) is 19.4 Å². The number of piperazine rings is 1. The normalized spacial score (nSPS) is 16.4. The summed E-state index contributed by atoms with van der Waals surface area (Å²) in [6.07, 6.45) is 3.15. The van der Waals surface area contributed by atoms with E-state index in [4.69, 9.17) is 10.5 Å². The van der Waals surface area contributed by atoms with Gasteiger partial charge in [-0.05, 0) is 11.6 Å². The van der Waals surface area contributed by atoms with E-state index in [0.717, 1.165) is 0 Å². The molecule has 1 aliphatic rings. The highest BCUT2D eigenvalue weighted by atomic mass is 16.5. The third kappa shape index (κ3) is 3.84. The van der Waals surface area contributed by atoms with Gasteiger partial charge in [0.05, 0.1) is 19.6 Å². The van der Waals surface area contributed by atoms with Crippen molar-refractivity contribution in [1.29, 1.82) is 0 Å². The first-order chi connectivity index (χ1) is 11.1. The summed E-state index contributed by atoms with van der Waals surface area (Å²) in [6, 6.07) is 2.91. The molecule has 0 bridgehead atoms. The molecule has 8 heteroatoms. The van der Waals surface area contributed by atoms with Crippen molar-refractivity contribution in [2.24, 2.45) is 5.73 Å². The van der Waals surface area contributed by atoms with Gasteiger partial charge in [0.2, 0.25) is 0 Å². The molecule has 124 valence electrons. The van der Waals surface area contributed by atoms with Crippen molar-refractivity contribution in [3.05, 3.63) is 30.1 Å². The number of carbonyl (C=O) groups excluding carboxylic acids is 3. The number of carbonyl (C=O) groups is 3. The number of rotatable bonds is 6. The molecule has 0 spiro atoms. The summed E-state index contributed by atoms with van der Waals surface area (Å²) in [5.74, 6) is -1.69. The van der Waals surface area contributed by atoms with Crippen LogP contribution in [0, 0.1) is 0 Å². The maximum atomic E-state index is 12.4. The van der Waals surface area contributed by atoms with Gasteiger partial charge in [0.15, 0.2) is 0 Å². The Labute approximate surface area is 134 Å². The minimum absolute atomic E-state index is 0.0297. The third-order valence-corrected chi connectivity index (χ3v) is 3.77. The van der Waals surface area contributed by atoms with Crippen LogP contribution in [0.1, 0.15) is 18.0 Å². The van der Waals surface area contributed by atoms with E-state index < -0.39 is 23.8 Å². The fourth-order valence-electron chi connectivity index (χ4n) is 2.58. The molecule has 1 aromatic rings. The second-order valence-electron chi connectivity index (χ2n) is 5.16. The van der Waals surface area contributed by atoms with E-state index in [1.807, 2.05) is 0 Å². The van der Waals surface area contributed by atoms with Crippen molar-refractivity contribution < 1.29 is 19.1 Å². The number of methoxy groups -OCH3 is 1. The standard InChI is InChI=1S/C15H20N4O4/c1-23-13(20)9-12(11-3-2-5-17-10-11)19-8-7-18(6-4-16)14(21)15(19)22/h2-3,5,10,12H,4,6-9,16H2,1H3.